The summed E-state index contributed by atoms with van der Waals surface area (Å²) in [7, 11) is 0. The van der Waals surface area contributed by atoms with E-state index in [0.29, 0.717) is 24.2 Å². The number of rotatable bonds is 6. The average Bonchev–Trinajstić information content (AvgIpc) is 2.56. The third kappa shape index (κ3) is 4.69. The van der Waals surface area contributed by atoms with Crippen molar-refractivity contribution in [3.05, 3.63) is 64.7 Å². The first-order chi connectivity index (χ1) is 11.5. The quantitative estimate of drug-likeness (QED) is 0.852. The minimum atomic E-state index is -0.167. The van der Waals surface area contributed by atoms with Gasteiger partial charge >= 0.3 is 0 Å². The van der Waals surface area contributed by atoms with Crippen molar-refractivity contribution in [3.8, 4) is 0 Å². The molecule has 126 valence electrons. The van der Waals surface area contributed by atoms with Crippen LogP contribution < -0.4 is 10.6 Å². The molecule has 0 aromatic heterocycles. The lowest BCUT2D eigenvalue weighted by atomic mass is 10.0. The van der Waals surface area contributed by atoms with Crippen molar-refractivity contribution < 1.29 is 9.59 Å². The molecule has 2 rings (SSSR count). The molecule has 2 aromatic carbocycles. The van der Waals surface area contributed by atoms with E-state index in [9.17, 15) is 9.59 Å². The largest absolute Gasteiger partial charge is 0.352 e. The van der Waals surface area contributed by atoms with Crippen LogP contribution in [-0.2, 0) is 11.2 Å². The Morgan fingerprint density at radius 1 is 1.04 bits per heavy atom. The summed E-state index contributed by atoms with van der Waals surface area (Å²) in [4.78, 5) is 24.6. The summed E-state index contributed by atoms with van der Waals surface area (Å²) in [5.74, 6) is -0.293. The van der Waals surface area contributed by atoms with E-state index in [1.807, 2.05) is 45.0 Å². The van der Waals surface area contributed by atoms with Crippen molar-refractivity contribution in [1.82, 2.24) is 5.32 Å². The summed E-state index contributed by atoms with van der Waals surface area (Å²) in [5.41, 5.74) is 4.24. The van der Waals surface area contributed by atoms with Crippen molar-refractivity contribution in [2.45, 2.75) is 33.6 Å². The molecular weight excluding hydrogens is 300 g/mol. The van der Waals surface area contributed by atoms with E-state index in [1.54, 1.807) is 18.2 Å². The maximum atomic E-state index is 12.4. The molecule has 0 fully saturated rings. The van der Waals surface area contributed by atoms with Crippen molar-refractivity contribution in [2.24, 2.45) is 0 Å². The molecule has 0 atom stereocenters. The number of anilines is 1. The minimum absolute atomic E-state index is 0.126. The van der Waals surface area contributed by atoms with Crippen LogP contribution in [0.1, 0.15) is 40.4 Å². The second-order valence-electron chi connectivity index (χ2n) is 5.96. The van der Waals surface area contributed by atoms with Gasteiger partial charge in [0.1, 0.15) is 0 Å². The monoisotopic (exact) mass is 324 g/mol. The molecule has 0 aliphatic carbocycles. The average molecular weight is 324 g/mol. The third-order valence-electron chi connectivity index (χ3n) is 3.84. The highest BCUT2D eigenvalue weighted by Crippen LogP contribution is 2.17. The molecule has 0 radical (unpaired) electrons. The summed E-state index contributed by atoms with van der Waals surface area (Å²) in [5, 5.41) is 5.70. The van der Waals surface area contributed by atoms with Gasteiger partial charge in [-0.15, -0.1) is 0 Å². The number of hydrogen-bond donors (Lipinski definition) is 2. The van der Waals surface area contributed by atoms with Crippen LogP contribution in [0.15, 0.2) is 42.5 Å². The van der Waals surface area contributed by atoms with Gasteiger partial charge in [0.2, 0.25) is 5.91 Å². The lowest BCUT2D eigenvalue weighted by Gasteiger charge is -2.12. The normalized spacial score (nSPS) is 10.3. The summed E-state index contributed by atoms with van der Waals surface area (Å²) in [6.07, 6.45) is 1.16. The van der Waals surface area contributed by atoms with Gasteiger partial charge < -0.3 is 10.6 Å². The number of amides is 2. The van der Waals surface area contributed by atoms with Gasteiger partial charge in [0.05, 0.1) is 17.7 Å². The second-order valence-corrected chi connectivity index (χ2v) is 5.96. The van der Waals surface area contributed by atoms with Gasteiger partial charge in [0, 0.05) is 6.54 Å². The molecule has 0 heterocycles. The summed E-state index contributed by atoms with van der Waals surface area (Å²) < 4.78 is 0. The fourth-order valence-electron chi connectivity index (χ4n) is 2.48. The van der Waals surface area contributed by atoms with Gasteiger partial charge in [-0.2, -0.15) is 0 Å². The Morgan fingerprint density at radius 3 is 2.54 bits per heavy atom. The zero-order valence-electron chi connectivity index (χ0n) is 14.5. The fraction of sp³-hybridized carbons (Fsp3) is 0.300. The topological polar surface area (TPSA) is 58.2 Å². The lowest BCUT2D eigenvalue weighted by Crippen LogP contribution is -2.26. The van der Waals surface area contributed by atoms with Crippen LogP contribution in [0.25, 0.3) is 0 Å². The highest BCUT2D eigenvalue weighted by atomic mass is 16.2. The van der Waals surface area contributed by atoms with Gasteiger partial charge in [0.15, 0.2) is 0 Å². The molecule has 0 spiro atoms. The fourth-order valence-corrected chi connectivity index (χ4v) is 2.48. The number of carbonyl (C=O) groups is 2. The number of hydrogen-bond acceptors (Lipinski definition) is 2. The van der Waals surface area contributed by atoms with Crippen molar-refractivity contribution in [1.29, 1.82) is 0 Å². The van der Waals surface area contributed by atoms with Gasteiger partial charge in [-0.05, 0) is 43.5 Å². The van der Waals surface area contributed by atoms with E-state index in [2.05, 4.69) is 10.6 Å². The molecule has 4 heteroatoms. The molecule has 0 aliphatic rings. The Bertz CT molecular complexity index is 738. The predicted molar refractivity (Wildman–Crippen MR) is 97.3 cm³/mol. The van der Waals surface area contributed by atoms with E-state index in [0.717, 1.165) is 23.1 Å². The highest BCUT2D eigenvalue weighted by Gasteiger charge is 2.13. The molecule has 24 heavy (non-hydrogen) atoms. The predicted octanol–water partition coefficient (Wildman–Crippen LogP) is 3.62. The van der Waals surface area contributed by atoms with Crippen LogP contribution >= 0.6 is 0 Å². The molecule has 0 saturated carbocycles. The van der Waals surface area contributed by atoms with Crippen LogP contribution in [0.3, 0.4) is 0 Å². The van der Waals surface area contributed by atoms with Crippen LogP contribution in [0.4, 0.5) is 5.69 Å². The number of aryl methyl sites for hydroxylation is 2. The smallest absolute Gasteiger partial charge is 0.253 e. The Hall–Kier alpha value is -2.62. The van der Waals surface area contributed by atoms with Crippen LogP contribution in [0, 0.1) is 13.8 Å². The second kappa shape index (κ2) is 8.29. The molecule has 0 saturated heterocycles. The van der Waals surface area contributed by atoms with Gasteiger partial charge in [-0.25, -0.2) is 0 Å². The number of nitrogens with one attached hydrogen (secondary N) is 2. The Kier molecular flexibility index (Phi) is 6.13. The highest BCUT2D eigenvalue weighted by molar-refractivity contribution is 6.04. The number of benzene rings is 2. The molecule has 2 N–H and O–H groups in total. The van der Waals surface area contributed by atoms with Crippen LogP contribution in [-0.4, -0.2) is 18.4 Å². The van der Waals surface area contributed by atoms with Gasteiger partial charge in [-0.3, -0.25) is 9.59 Å². The lowest BCUT2D eigenvalue weighted by molar-refractivity contribution is -0.115. The zero-order chi connectivity index (χ0) is 17.5. The SMILES string of the molecule is CCCNC(=O)c1ccccc1NC(=O)Cc1cc(C)ccc1C. The first-order valence-electron chi connectivity index (χ1n) is 8.24. The summed E-state index contributed by atoms with van der Waals surface area (Å²) in [6.45, 7) is 6.62. The van der Waals surface area contributed by atoms with E-state index in [1.165, 1.54) is 0 Å². The molecular formula is C20H24N2O2. The maximum absolute atomic E-state index is 12.4. The van der Waals surface area contributed by atoms with E-state index >= 15 is 0 Å². The third-order valence-corrected chi connectivity index (χ3v) is 3.84. The Labute approximate surface area is 143 Å². The molecule has 0 unspecified atom stereocenters. The van der Waals surface area contributed by atoms with E-state index in [-0.39, 0.29) is 11.8 Å². The summed E-state index contributed by atoms with van der Waals surface area (Å²) in [6, 6.07) is 13.1. The zero-order valence-corrected chi connectivity index (χ0v) is 14.5. The number of carbonyl (C=O) groups excluding carboxylic acids is 2. The molecule has 0 aliphatic heterocycles. The van der Waals surface area contributed by atoms with Crippen molar-refractivity contribution in [2.75, 3.05) is 11.9 Å². The van der Waals surface area contributed by atoms with E-state index < -0.39 is 0 Å². The van der Waals surface area contributed by atoms with E-state index in [4.69, 9.17) is 0 Å². The number of para-hydroxylation sites is 1. The van der Waals surface area contributed by atoms with Crippen LogP contribution in [0.5, 0.6) is 0 Å². The Morgan fingerprint density at radius 2 is 1.79 bits per heavy atom. The first kappa shape index (κ1) is 17.7. The van der Waals surface area contributed by atoms with Crippen molar-refractivity contribution in [3.63, 3.8) is 0 Å². The molecule has 2 aromatic rings. The molecule has 4 nitrogen and oxygen atoms in total. The van der Waals surface area contributed by atoms with Gasteiger partial charge in [-0.1, -0.05) is 42.8 Å². The molecule has 0 bridgehead atoms. The van der Waals surface area contributed by atoms with Gasteiger partial charge in [0.25, 0.3) is 5.91 Å². The Balaban J connectivity index is 2.11. The first-order valence-corrected chi connectivity index (χ1v) is 8.24. The standard InChI is InChI=1S/C20H24N2O2/c1-4-11-21-20(24)17-7-5-6-8-18(17)22-19(23)13-16-12-14(2)9-10-15(16)3/h5-10,12H,4,11,13H2,1-3H3,(H,21,24)(H,22,23). The maximum Gasteiger partial charge on any atom is 0.253 e. The minimum Gasteiger partial charge on any atom is -0.352 e. The van der Waals surface area contributed by atoms with Crippen LogP contribution in [0.2, 0.25) is 0 Å². The van der Waals surface area contributed by atoms with Crippen molar-refractivity contribution >= 4 is 17.5 Å². The summed E-state index contributed by atoms with van der Waals surface area (Å²) >= 11 is 0. The molecule has 2 amide bonds.